The highest BCUT2D eigenvalue weighted by Gasteiger charge is 2.36. The number of aromatic nitrogens is 1. The number of fused-ring (bicyclic) bond motifs is 1. The zero-order chi connectivity index (χ0) is 16.8. The third-order valence-corrected chi connectivity index (χ3v) is 5.01. The van der Waals surface area contributed by atoms with Gasteiger partial charge in [-0.3, -0.25) is 9.78 Å². The Kier molecular flexibility index (Phi) is 3.52. The van der Waals surface area contributed by atoms with Crippen LogP contribution >= 0.6 is 0 Å². The van der Waals surface area contributed by atoms with Crippen LogP contribution in [-0.2, 0) is 4.79 Å². The number of rotatable bonds is 3. The Morgan fingerprint density at radius 2 is 2.00 bits per heavy atom. The number of aliphatic carboxylic acids is 1. The maximum absolute atomic E-state index is 13.1. The van der Waals surface area contributed by atoms with Crippen LogP contribution < -0.4 is 0 Å². The van der Waals surface area contributed by atoms with Crippen molar-refractivity contribution in [2.45, 2.75) is 44.6 Å². The Balaban J connectivity index is 1.83. The molecular formula is C19H20N2O3. The third kappa shape index (κ3) is 2.54. The summed E-state index contributed by atoms with van der Waals surface area (Å²) in [6.45, 7) is 2.49. The van der Waals surface area contributed by atoms with Crippen molar-refractivity contribution >= 4 is 22.8 Å². The van der Waals surface area contributed by atoms with Crippen LogP contribution in [0.3, 0.4) is 0 Å². The Morgan fingerprint density at radius 3 is 2.71 bits per heavy atom. The van der Waals surface area contributed by atoms with Crippen LogP contribution in [0, 0.1) is 6.92 Å². The molecule has 2 aliphatic rings. The summed E-state index contributed by atoms with van der Waals surface area (Å²) in [6.07, 6.45) is 3.48. The normalized spacial score (nSPS) is 20.5. The molecule has 2 fully saturated rings. The molecule has 1 amide bonds. The summed E-state index contributed by atoms with van der Waals surface area (Å²) in [7, 11) is 0. The first-order valence-electron chi connectivity index (χ1n) is 8.49. The van der Waals surface area contributed by atoms with E-state index in [0.717, 1.165) is 41.4 Å². The standard InChI is InChI=1S/C19H20N2O3/c1-11-4-7-15-13(9-11)14(10-16(20-15)12-5-6-12)18(22)21-8-2-3-17(21)19(23)24/h4,7,9-10,12,17H,2-3,5-6,8H2,1H3,(H,23,24)/t17-/m0/s1. The molecule has 1 aliphatic carbocycles. The van der Waals surface area contributed by atoms with Crippen molar-refractivity contribution in [1.82, 2.24) is 9.88 Å². The molecule has 1 atom stereocenters. The number of pyridine rings is 1. The van der Waals surface area contributed by atoms with Gasteiger partial charge in [-0.05, 0) is 50.8 Å². The molecule has 124 valence electrons. The molecule has 1 N–H and O–H groups in total. The highest BCUT2D eigenvalue weighted by Crippen LogP contribution is 2.40. The van der Waals surface area contributed by atoms with Gasteiger partial charge in [-0.1, -0.05) is 11.6 Å². The number of carboxylic acids is 1. The summed E-state index contributed by atoms with van der Waals surface area (Å²) in [4.78, 5) is 30.8. The number of carboxylic acid groups (broad SMARTS) is 1. The number of benzene rings is 1. The van der Waals surface area contributed by atoms with Gasteiger partial charge in [-0.2, -0.15) is 0 Å². The van der Waals surface area contributed by atoms with Crippen molar-refractivity contribution in [3.63, 3.8) is 0 Å². The smallest absolute Gasteiger partial charge is 0.326 e. The highest BCUT2D eigenvalue weighted by molar-refractivity contribution is 6.07. The third-order valence-electron chi connectivity index (χ3n) is 5.01. The minimum atomic E-state index is -0.919. The molecule has 0 unspecified atom stereocenters. The molecule has 1 aromatic heterocycles. The number of carbonyl (C=O) groups excluding carboxylic acids is 1. The van der Waals surface area contributed by atoms with Gasteiger partial charge in [-0.15, -0.1) is 0 Å². The van der Waals surface area contributed by atoms with Gasteiger partial charge >= 0.3 is 5.97 Å². The minimum absolute atomic E-state index is 0.181. The number of aryl methyl sites for hydroxylation is 1. The van der Waals surface area contributed by atoms with Gasteiger partial charge in [0.1, 0.15) is 6.04 Å². The van der Waals surface area contributed by atoms with Crippen molar-refractivity contribution in [2.75, 3.05) is 6.54 Å². The molecule has 24 heavy (non-hydrogen) atoms. The lowest BCUT2D eigenvalue weighted by atomic mass is 10.0. The Morgan fingerprint density at radius 1 is 1.21 bits per heavy atom. The lowest BCUT2D eigenvalue weighted by Crippen LogP contribution is -2.40. The van der Waals surface area contributed by atoms with Crippen LogP contribution in [-0.4, -0.2) is 39.5 Å². The lowest BCUT2D eigenvalue weighted by molar-refractivity contribution is -0.141. The quantitative estimate of drug-likeness (QED) is 0.942. The van der Waals surface area contributed by atoms with Crippen LogP contribution in [0.4, 0.5) is 0 Å². The van der Waals surface area contributed by atoms with Gasteiger partial charge in [0, 0.05) is 23.5 Å². The number of hydrogen-bond acceptors (Lipinski definition) is 3. The molecule has 5 nitrogen and oxygen atoms in total. The van der Waals surface area contributed by atoms with Crippen LogP contribution in [0.5, 0.6) is 0 Å². The molecule has 2 heterocycles. The molecule has 1 saturated heterocycles. The maximum Gasteiger partial charge on any atom is 0.326 e. The topological polar surface area (TPSA) is 70.5 Å². The highest BCUT2D eigenvalue weighted by atomic mass is 16.4. The van der Waals surface area contributed by atoms with Crippen molar-refractivity contribution in [1.29, 1.82) is 0 Å². The fourth-order valence-electron chi connectivity index (χ4n) is 3.55. The van der Waals surface area contributed by atoms with Crippen molar-refractivity contribution in [2.24, 2.45) is 0 Å². The lowest BCUT2D eigenvalue weighted by Gasteiger charge is -2.22. The van der Waals surface area contributed by atoms with Crippen molar-refractivity contribution in [3.05, 3.63) is 41.1 Å². The number of likely N-dealkylation sites (tertiary alicyclic amines) is 1. The van der Waals surface area contributed by atoms with E-state index in [4.69, 9.17) is 4.98 Å². The van der Waals surface area contributed by atoms with Crippen LogP contribution in [0.2, 0.25) is 0 Å². The van der Waals surface area contributed by atoms with Gasteiger partial charge in [0.2, 0.25) is 0 Å². The van der Waals surface area contributed by atoms with Crippen molar-refractivity contribution < 1.29 is 14.7 Å². The SMILES string of the molecule is Cc1ccc2nc(C3CC3)cc(C(=O)N3CCC[C@H]3C(=O)O)c2c1. The monoisotopic (exact) mass is 324 g/mol. The van der Waals surface area contributed by atoms with Crippen LogP contribution in [0.1, 0.15) is 53.2 Å². The molecule has 1 aromatic carbocycles. The number of nitrogens with zero attached hydrogens (tertiary/aromatic N) is 2. The van der Waals surface area contributed by atoms with Crippen LogP contribution in [0.15, 0.2) is 24.3 Å². The first kappa shape index (κ1) is 15.1. The van der Waals surface area contributed by atoms with Gasteiger partial charge < -0.3 is 10.0 Å². The van der Waals surface area contributed by atoms with Gasteiger partial charge in [0.15, 0.2) is 0 Å². The molecule has 0 spiro atoms. The summed E-state index contributed by atoms with van der Waals surface area (Å²) in [5.74, 6) is -0.659. The van der Waals surface area contributed by atoms with E-state index in [1.165, 1.54) is 4.90 Å². The largest absolute Gasteiger partial charge is 0.480 e. The van der Waals surface area contributed by atoms with Gasteiger partial charge in [0.05, 0.1) is 11.1 Å². The summed E-state index contributed by atoms with van der Waals surface area (Å²) in [5, 5.41) is 10.2. The first-order valence-corrected chi connectivity index (χ1v) is 8.49. The predicted molar refractivity (Wildman–Crippen MR) is 90.1 cm³/mol. The van der Waals surface area contributed by atoms with Crippen molar-refractivity contribution in [3.8, 4) is 0 Å². The Hall–Kier alpha value is -2.43. The van der Waals surface area contributed by atoms with E-state index >= 15 is 0 Å². The van der Waals surface area contributed by atoms with E-state index in [0.29, 0.717) is 24.4 Å². The first-order chi connectivity index (χ1) is 11.5. The number of amides is 1. The number of carbonyl (C=O) groups is 2. The summed E-state index contributed by atoms with van der Waals surface area (Å²) in [5.41, 5.74) is 3.44. The van der Waals surface area contributed by atoms with Crippen LogP contribution in [0.25, 0.3) is 10.9 Å². The molecule has 0 radical (unpaired) electrons. The maximum atomic E-state index is 13.1. The summed E-state index contributed by atoms with van der Waals surface area (Å²) >= 11 is 0. The van der Waals surface area contributed by atoms with Gasteiger partial charge in [-0.25, -0.2) is 4.79 Å². The molecule has 4 rings (SSSR count). The van der Waals surface area contributed by atoms with E-state index in [2.05, 4.69) is 0 Å². The average molecular weight is 324 g/mol. The Labute approximate surface area is 140 Å². The molecule has 5 heteroatoms. The second kappa shape index (κ2) is 5.58. The number of hydrogen-bond donors (Lipinski definition) is 1. The van der Waals surface area contributed by atoms with E-state index in [1.54, 1.807) is 0 Å². The predicted octanol–water partition coefficient (Wildman–Crippen LogP) is 3.11. The summed E-state index contributed by atoms with van der Waals surface area (Å²) in [6, 6.07) is 7.09. The summed E-state index contributed by atoms with van der Waals surface area (Å²) < 4.78 is 0. The molecule has 1 saturated carbocycles. The van der Waals surface area contributed by atoms with E-state index < -0.39 is 12.0 Å². The molecule has 2 aromatic rings. The van der Waals surface area contributed by atoms with Gasteiger partial charge in [0.25, 0.3) is 5.91 Å². The molecule has 1 aliphatic heterocycles. The fraction of sp³-hybridized carbons (Fsp3) is 0.421. The Bertz CT molecular complexity index is 842. The van der Waals surface area contributed by atoms with E-state index in [1.807, 2.05) is 31.2 Å². The average Bonchev–Trinajstić information content (AvgIpc) is 3.29. The van der Waals surface area contributed by atoms with E-state index in [9.17, 15) is 14.7 Å². The van der Waals surface area contributed by atoms with E-state index in [-0.39, 0.29) is 5.91 Å². The zero-order valence-electron chi connectivity index (χ0n) is 13.7. The molecular weight excluding hydrogens is 304 g/mol. The second-order valence-electron chi connectivity index (χ2n) is 6.88. The second-order valence-corrected chi connectivity index (χ2v) is 6.88. The fourth-order valence-corrected chi connectivity index (χ4v) is 3.55. The minimum Gasteiger partial charge on any atom is -0.480 e. The zero-order valence-corrected chi connectivity index (χ0v) is 13.7. The molecule has 0 bridgehead atoms.